The minimum atomic E-state index is 0. The maximum Gasteiger partial charge on any atom is 0.0780 e. The molecule has 0 unspecified atom stereocenters. The van der Waals surface area contributed by atoms with Gasteiger partial charge in [-0.05, 0) is 12.8 Å². The highest BCUT2D eigenvalue weighted by Gasteiger charge is 2.04. The van der Waals surface area contributed by atoms with Crippen LogP contribution >= 0.6 is 17.0 Å². The third-order valence-corrected chi connectivity index (χ3v) is 2.18. The Kier molecular flexibility index (Phi) is 11.0. The lowest BCUT2D eigenvalue weighted by Gasteiger charge is -2.23. The summed E-state index contributed by atoms with van der Waals surface area (Å²) in [7, 11) is 6.81. The van der Waals surface area contributed by atoms with E-state index in [-0.39, 0.29) is 17.0 Å². The normalized spacial score (nSPS) is 11.1. The second-order valence-electron chi connectivity index (χ2n) is 4.78. The van der Waals surface area contributed by atoms with Gasteiger partial charge >= 0.3 is 0 Å². The summed E-state index contributed by atoms with van der Waals surface area (Å²) in [6.07, 6.45) is 8.48. The van der Waals surface area contributed by atoms with Gasteiger partial charge in [0.25, 0.3) is 0 Å². The fraction of sp³-hybridized carbons (Fsp3) is 1.00. The first-order valence-electron chi connectivity index (χ1n) is 5.36. The minimum absolute atomic E-state index is 0. The van der Waals surface area contributed by atoms with Crippen molar-refractivity contribution in [2.24, 2.45) is 0 Å². The minimum Gasteiger partial charge on any atom is -0.331 e. The second kappa shape index (κ2) is 9.01. The standard InChI is InChI=1S/C11H26N.BrH/c1-5-6-7-8-9-10-11-12(2,3)4;/h5-11H2,1-4H3;1H/q+1;. The van der Waals surface area contributed by atoms with E-state index in [4.69, 9.17) is 0 Å². The Morgan fingerprint density at radius 2 is 1.23 bits per heavy atom. The SMILES string of the molecule is Br.CCCCCCCC[N+](C)(C)C. The largest absolute Gasteiger partial charge is 0.331 e. The fourth-order valence-electron chi connectivity index (χ4n) is 1.37. The summed E-state index contributed by atoms with van der Waals surface area (Å²) in [5, 5.41) is 0. The number of halogens is 1. The Hall–Kier alpha value is 0.440. The van der Waals surface area contributed by atoms with Gasteiger partial charge in [0.2, 0.25) is 0 Å². The van der Waals surface area contributed by atoms with Crippen molar-refractivity contribution in [3.05, 3.63) is 0 Å². The molecule has 0 bridgehead atoms. The highest BCUT2D eigenvalue weighted by Crippen LogP contribution is 2.06. The summed E-state index contributed by atoms with van der Waals surface area (Å²) in [4.78, 5) is 0. The molecule has 13 heavy (non-hydrogen) atoms. The third-order valence-electron chi connectivity index (χ3n) is 2.18. The Balaban J connectivity index is 0. The van der Waals surface area contributed by atoms with Crippen molar-refractivity contribution in [1.29, 1.82) is 0 Å². The van der Waals surface area contributed by atoms with Gasteiger partial charge < -0.3 is 4.48 Å². The summed E-state index contributed by atoms with van der Waals surface area (Å²) >= 11 is 0. The van der Waals surface area contributed by atoms with E-state index in [0.717, 1.165) is 4.48 Å². The molecule has 0 rings (SSSR count). The Morgan fingerprint density at radius 3 is 1.69 bits per heavy atom. The highest BCUT2D eigenvalue weighted by atomic mass is 79.9. The molecule has 0 aliphatic carbocycles. The summed E-state index contributed by atoms with van der Waals surface area (Å²) in [5.41, 5.74) is 0. The van der Waals surface area contributed by atoms with Crippen LogP contribution in [0.2, 0.25) is 0 Å². The van der Waals surface area contributed by atoms with E-state index in [1.54, 1.807) is 0 Å². The number of hydrogen-bond donors (Lipinski definition) is 0. The molecule has 0 fully saturated rings. The van der Waals surface area contributed by atoms with Crippen molar-refractivity contribution in [3.63, 3.8) is 0 Å². The summed E-state index contributed by atoms with van der Waals surface area (Å²) in [6.45, 7) is 3.60. The maximum absolute atomic E-state index is 2.27. The molecule has 82 valence electrons. The lowest BCUT2D eigenvalue weighted by atomic mass is 10.1. The van der Waals surface area contributed by atoms with Gasteiger partial charge in [-0.25, -0.2) is 0 Å². The summed E-state index contributed by atoms with van der Waals surface area (Å²) < 4.78 is 1.12. The molecule has 0 aromatic rings. The molecule has 1 nitrogen and oxygen atoms in total. The zero-order valence-corrected chi connectivity index (χ0v) is 11.5. The predicted octanol–water partition coefficient (Wildman–Crippen LogP) is 3.63. The fourth-order valence-corrected chi connectivity index (χ4v) is 1.37. The van der Waals surface area contributed by atoms with Crippen LogP contribution in [0.1, 0.15) is 45.4 Å². The molecule has 0 aromatic carbocycles. The van der Waals surface area contributed by atoms with Gasteiger partial charge in [-0.1, -0.05) is 32.6 Å². The van der Waals surface area contributed by atoms with Gasteiger partial charge in [0.05, 0.1) is 27.7 Å². The van der Waals surface area contributed by atoms with E-state index in [2.05, 4.69) is 28.1 Å². The highest BCUT2D eigenvalue weighted by molar-refractivity contribution is 8.93. The lowest BCUT2D eigenvalue weighted by Crippen LogP contribution is -2.35. The molecule has 0 heterocycles. The van der Waals surface area contributed by atoms with Crippen molar-refractivity contribution in [2.75, 3.05) is 27.7 Å². The Bertz CT molecular complexity index is 96.8. The zero-order valence-electron chi connectivity index (χ0n) is 9.81. The molecule has 0 saturated carbocycles. The molecule has 0 saturated heterocycles. The van der Waals surface area contributed by atoms with Gasteiger partial charge in [0, 0.05) is 0 Å². The first-order chi connectivity index (χ1) is 5.56. The van der Waals surface area contributed by atoms with Gasteiger partial charge in [-0.15, -0.1) is 17.0 Å². The lowest BCUT2D eigenvalue weighted by molar-refractivity contribution is -0.870. The van der Waals surface area contributed by atoms with Crippen LogP contribution in [0.5, 0.6) is 0 Å². The van der Waals surface area contributed by atoms with Crippen molar-refractivity contribution < 1.29 is 4.48 Å². The molecule has 0 aliphatic heterocycles. The number of nitrogens with zero attached hydrogens (tertiary/aromatic N) is 1. The second-order valence-corrected chi connectivity index (χ2v) is 4.78. The quantitative estimate of drug-likeness (QED) is 0.480. The van der Waals surface area contributed by atoms with E-state index in [9.17, 15) is 0 Å². The summed E-state index contributed by atoms with van der Waals surface area (Å²) in [6, 6.07) is 0. The van der Waals surface area contributed by atoms with E-state index < -0.39 is 0 Å². The van der Waals surface area contributed by atoms with Crippen molar-refractivity contribution >= 4 is 17.0 Å². The van der Waals surface area contributed by atoms with Crippen molar-refractivity contribution in [2.45, 2.75) is 45.4 Å². The monoisotopic (exact) mass is 252 g/mol. The number of hydrogen-bond acceptors (Lipinski definition) is 0. The van der Waals surface area contributed by atoms with Crippen LogP contribution in [-0.2, 0) is 0 Å². The van der Waals surface area contributed by atoms with Crippen LogP contribution in [0.4, 0.5) is 0 Å². The molecule has 0 aromatic heterocycles. The molecule has 0 amide bonds. The van der Waals surface area contributed by atoms with Crippen molar-refractivity contribution in [1.82, 2.24) is 0 Å². The van der Waals surface area contributed by atoms with Crippen LogP contribution in [0, 0.1) is 0 Å². The van der Waals surface area contributed by atoms with Crippen LogP contribution in [0.25, 0.3) is 0 Å². The van der Waals surface area contributed by atoms with E-state index in [1.165, 1.54) is 45.1 Å². The Labute approximate surface area is 94.9 Å². The Morgan fingerprint density at radius 1 is 0.769 bits per heavy atom. The van der Waals surface area contributed by atoms with E-state index >= 15 is 0 Å². The first-order valence-corrected chi connectivity index (χ1v) is 5.36. The number of unbranched alkanes of at least 4 members (excludes halogenated alkanes) is 5. The van der Waals surface area contributed by atoms with Crippen molar-refractivity contribution in [3.8, 4) is 0 Å². The molecular weight excluding hydrogens is 226 g/mol. The van der Waals surface area contributed by atoms with Crippen LogP contribution < -0.4 is 0 Å². The maximum atomic E-state index is 2.27. The molecule has 0 N–H and O–H groups in total. The smallest absolute Gasteiger partial charge is 0.0780 e. The number of quaternary nitrogens is 1. The molecule has 0 atom stereocenters. The van der Waals surface area contributed by atoms with Crippen LogP contribution in [0.15, 0.2) is 0 Å². The van der Waals surface area contributed by atoms with E-state index in [0.29, 0.717) is 0 Å². The molecular formula is C11H27BrN+. The first kappa shape index (κ1) is 15.9. The van der Waals surface area contributed by atoms with Crippen LogP contribution in [0.3, 0.4) is 0 Å². The number of rotatable bonds is 7. The van der Waals surface area contributed by atoms with Gasteiger partial charge in [0.15, 0.2) is 0 Å². The molecule has 0 radical (unpaired) electrons. The average Bonchev–Trinajstić information content (AvgIpc) is 1.94. The van der Waals surface area contributed by atoms with Gasteiger partial charge in [0.1, 0.15) is 0 Å². The summed E-state index contributed by atoms with van der Waals surface area (Å²) in [5.74, 6) is 0. The third kappa shape index (κ3) is 15.2. The van der Waals surface area contributed by atoms with E-state index in [1.807, 2.05) is 0 Å². The average molecular weight is 253 g/mol. The van der Waals surface area contributed by atoms with Crippen LogP contribution in [-0.4, -0.2) is 32.2 Å². The predicted molar refractivity (Wildman–Crippen MR) is 66.6 cm³/mol. The van der Waals surface area contributed by atoms with Gasteiger partial charge in [-0.3, -0.25) is 0 Å². The van der Waals surface area contributed by atoms with Gasteiger partial charge in [-0.2, -0.15) is 0 Å². The topological polar surface area (TPSA) is 0 Å². The molecule has 0 spiro atoms. The molecule has 2 heteroatoms. The zero-order chi connectivity index (χ0) is 9.45. The molecule has 0 aliphatic rings.